The SMILES string of the molecule is CCNCc1cnc(N(C)C(C)CCSC)c(C)c1. The Labute approximate surface area is 122 Å². The van der Waals surface area contributed by atoms with E-state index in [0.29, 0.717) is 6.04 Å². The molecule has 0 fully saturated rings. The molecule has 0 spiro atoms. The Balaban J connectivity index is 2.72. The molecule has 0 aliphatic carbocycles. The monoisotopic (exact) mass is 281 g/mol. The van der Waals surface area contributed by atoms with Crippen LogP contribution in [-0.2, 0) is 6.54 Å². The molecule has 0 aromatic carbocycles. The van der Waals surface area contributed by atoms with Gasteiger partial charge < -0.3 is 10.2 Å². The minimum atomic E-state index is 0.526. The Morgan fingerprint density at radius 1 is 1.47 bits per heavy atom. The maximum Gasteiger partial charge on any atom is 0.131 e. The van der Waals surface area contributed by atoms with Gasteiger partial charge in [-0.2, -0.15) is 11.8 Å². The molecular weight excluding hydrogens is 254 g/mol. The Morgan fingerprint density at radius 3 is 2.79 bits per heavy atom. The topological polar surface area (TPSA) is 28.2 Å². The highest BCUT2D eigenvalue weighted by atomic mass is 32.2. The lowest BCUT2D eigenvalue weighted by Crippen LogP contribution is -2.30. The van der Waals surface area contributed by atoms with Crippen molar-refractivity contribution in [2.24, 2.45) is 0 Å². The first kappa shape index (κ1) is 16.3. The van der Waals surface area contributed by atoms with Crippen molar-refractivity contribution in [3.05, 3.63) is 23.4 Å². The molecule has 1 unspecified atom stereocenters. The van der Waals surface area contributed by atoms with Gasteiger partial charge in [0, 0.05) is 25.8 Å². The fourth-order valence-electron chi connectivity index (χ4n) is 2.05. The van der Waals surface area contributed by atoms with Crippen molar-refractivity contribution in [3.8, 4) is 0 Å². The summed E-state index contributed by atoms with van der Waals surface area (Å²) in [4.78, 5) is 6.93. The fourth-order valence-corrected chi connectivity index (χ4v) is 2.63. The number of aromatic nitrogens is 1. The molecule has 1 atom stereocenters. The minimum absolute atomic E-state index is 0.526. The van der Waals surface area contributed by atoms with E-state index in [-0.39, 0.29) is 0 Å². The third kappa shape index (κ3) is 5.03. The van der Waals surface area contributed by atoms with Crippen molar-refractivity contribution in [2.45, 2.75) is 39.8 Å². The summed E-state index contributed by atoms with van der Waals surface area (Å²) in [6.45, 7) is 8.43. The normalized spacial score (nSPS) is 12.5. The predicted molar refractivity (Wildman–Crippen MR) is 87.2 cm³/mol. The van der Waals surface area contributed by atoms with Crippen LogP contribution in [0.5, 0.6) is 0 Å². The van der Waals surface area contributed by atoms with Gasteiger partial charge in [0.25, 0.3) is 0 Å². The van der Waals surface area contributed by atoms with Crippen molar-refractivity contribution in [3.63, 3.8) is 0 Å². The van der Waals surface area contributed by atoms with Crippen molar-refractivity contribution in [1.29, 1.82) is 0 Å². The summed E-state index contributed by atoms with van der Waals surface area (Å²) in [7, 11) is 2.14. The molecule has 1 rings (SSSR count). The average Bonchev–Trinajstić information content (AvgIpc) is 2.41. The summed E-state index contributed by atoms with van der Waals surface area (Å²) in [5.74, 6) is 2.30. The van der Waals surface area contributed by atoms with Gasteiger partial charge in [-0.25, -0.2) is 4.98 Å². The van der Waals surface area contributed by atoms with Gasteiger partial charge >= 0.3 is 0 Å². The van der Waals surface area contributed by atoms with E-state index in [4.69, 9.17) is 0 Å². The third-order valence-electron chi connectivity index (χ3n) is 3.42. The Bertz CT molecular complexity index is 382. The third-order valence-corrected chi connectivity index (χ3v) is 4.07. The van der Waals surface area contributed by atoms with E-state index in [1.54, 1.807) is 0 Å². The number of pyridine rings is 1. The second-order valence-electron chi connectivity index (χ2n) is 5.01. The zero-order valence-electron chi connectivity index (χ0n) is 12.9. The molecule has 0 amide bonds. The summed E-state index contributed by atoms with van der Waals surface area (Å²) < 4.78 is 0. The van der Waals surface area contributed by atoms with E-state index in [9.17, 15) is 0 Å². The predicted octanol–water partition coefficient (Wildman–Crippen LogP) is 3.08. The number of aryl methyl sites for hydroxylation is 1. The maximum absolute atomic E-state index is 4.64. The minimum Gasteiger partial charge on any atom is -0.357 e. The molecule has 0 bridgehead atoms. The molecule has 4 heteroatoms. The highest BCUT2D eigenvalue weighted by Gasteiger charge is 2.13. The number of nitrogens with zero attached hydrogens (tertiary/aromatic N) is 2. The van der Waals surface area contributed by atoms with Crippen LogP contribution >= 0.6 is 11.8 Å². The molecule has 108 valence electrons. The molecule has 1 aromatic heterocycles. The van der Waals surface area contributed by atoms with Crippen LogP contribution in [0.3, 0.4) is 0 Å². The maximum atomic E-state index is 4.64. The lowest BCUT2D eigenvalue weighted by Gasteiger charge is -2.27. The van der Waals surface area contributed by atoms with Crippen LogP contribution in [0.15, 0.2) is 12.3 Å². The number of thioether (sulfide) groups is 1. The number of rotatable bonds is 8. The molecule has 19 heavy (non-hydrogen) atoms. The van der Waals surface area contributed by atoms with Crippen LogP contribution in [0.1, 0.15) is 31.4 Å². The number of hydrogen-bond acceptors (Lipinski definition) is 4. The van der Waals surface area contributed by atoms with Crippen molar-refractivity contribution < 1.29 is 0 Å². The van der Waals surface area contributed by atoms with Crippen molar-refractivity contribution in [1.82, 2.24) is 10.3 Å². The quantitative estimate of drug-likeness (QED) is 0.792. The van der Waals surface area contributed by atoms with E-state index in [0.717, 1.165) is 18.9 Å². The summed E-state index contributed by atoms with van der Waals surface area (Å²) in [6.07, 6.45) is 5.34. The molecule has 0 radical (unpaired) electrons. The summed E-state index contributed by atoms with van der Waals surface area (Å²) in [5.41, 5.74) is 2.52. The van der Waals surface area contributed by atoms with Gasteiger partial charge in [0.1, 0.15) is 5.82 Å². The largest absolute Gasteiger partial charge is 0.357 e. The first-order valence-electron chi connectivity index (χ1n) is 6.98. The van der Waals surface area contributed by atoms with E-state index >= 15 is 0 Å². The highest BCUT2D eigenvalue weighted by molar-refractivity contribution is 7.98. The summed E-state index contributed by atoms with van der Waals surface area (Å²) >= 11 is 1.90. The molecule has 0 saturated carbocycles. The first-order valence-corrected chi connectivity index (χ1v) is 8.37. The highest BCUT2D eigenvalue weighted by Crippen LogP contribution is 2.20. The van der Waals surface area contributed by atoms with Crippen LogP contribution in [0.2, 0.25) is 0 Å². The number of anilines is 1. The number of nitrogens with one attached hydrogen (secondary N) is 1. The van der Waals surface area contributed by atoms with Gasteiger partial charge in [0.15, 0.2) is 0 Å². The molecular formula is C15H27N3S. The first-order chi connectivity index (χ1) is 9.10. The van der Waals surface area contributed by atoms with Crippen LogP contribution in [0.4, 0.5) is 5.82 Å². The second-order valence-corrected chi connectivity index (χ2v) is 5.99. The van der Waals surface area contributed by atoms with Gasteiger partial charge in [-0.3, -0.25) is 0 Å². The molecule has 0 saturated heterocycles. The molecule has 1 heterocycles. The second kappa shape index (κ2) is 8.43. The van der Waals surface area contributed by atoms with Gasteiger partial charge in [0.2, 0.25) is 0 Å². The van der Waals surface area contributed by atoms with Crippen molar-refractivity contribution >= 4 is 17.6 Å². The van der Waals surface area contributed by atoms with E-state index in [2.05, 4.69) is 55.3 Å². The molecule has 1 N–H and O–H groups in total. The van der Waals surface area contributed by atoms with Crippen LogP contribution in [0, 0.1) is 6.92 Å². The fraction of sp³-hybridized carbons (Fsp3) is 0.667. The Kier molecular flexibility index (Phi) is 7.24. The number of hydrogen-bond donors (Lipinski definition) is 1. The summed E-state index contributed by atoms with van der Waals surface area (Å²) in [5, 5.41) is 3.33. The zero-order chi connectivity index (χ0) is 14.3. The Morgan fingerprint density at radius 2 is 2.21 bits per heavy atom. The smallest absolute Gasteiger partial charge is 0.131 e. The standard InChI is InChI=1S/C15H27N3S/c1-6-16-10-14-9-12(2)15(17-11-14)18(4)13(3)7-8-19-5/h9,11,13,16H,6-8,10H2,1-5H3. The Hall–Kier alpha value is -0.740. The lowest BCUT2D eigenvalue weighted by molar-refractivity contribution is 0.659. The summed E-state index contributed by atoms with van der Waals surface area (Å²) in [6, 6.07) is 2.77. The van der Waals surface area contributed by atoms with Gasteiger partial charge in [-0.1, -0.05) is 6.92 Å². The van der Waals surface area contributed by atoms with Crippen LogP contribution in [-0.4, -0.2) is 36.6 Å². The van der Waals surface area contributed by atoms with Gasteiger partial charge in [0.05, 0.1) is 0 Å². The molecule has 0 aliphatic rings. The van der Waals surface area contributed by atoms with Gasteiger partial charge in [-0.15, -0.1) is 0 Å². The lowest BCUT2D eigenvalue weighted by atomic mass is 10.1. The van der Waals surface area contributed by atoms with Crippen LogP contribution < -0.4 is 10.2 Å². The van der Waals surface area contributed by atoms with Gasteiger partial charge in [-0.05, 0) is 56.0 Å². The van der Waals surface area contributed by atoms with Crippen molar-refractivity contribution in [2.75, 3.05) is 30.5 Å². The zero-order valence-corrected chi connectivity index (χ0v) is 13.7. The average molecular weight is 281 g/mol. The van der Waals surface area contributed by atoms with E-state index in [1.165, 1.54) is 23.3 Å². The molecule has 3 nitrogen and oxygen atoms in total. The molecule has 1 aromatic rings. The van der Waals surface area contributed by atoms with E-state index < -0.39 is 0 Å². The van der Waals surface area contributed by atoms with E-state index in [1.807, 2.05) is 18.0 Å². The molecule has 0 aliphatic heterocycles. The van der Waals surface area contributed by atoms with Crippen LogP contribution in [0.25, 0.3) is 0 Å².